The summed E-state index contributed by atoms with van der Waals surface area (Å²) in [4.78, 5) is 2.61. The molecule has 1 heterocycles. The molecular weight excluding hydrogens is 354 g/mol. The molecule has 7 heteroatoms. The summed E-state index contributed by atoms with van der Waals surface area (Å²) in [5, 5.41) is 0. The molecule has 2 rings (SSSR count). The predicted molar refractivity (Wildman–Crippen MR) is 88.6 cm³/mol. The van der Waals surface area contributed by atoms with Gasteiger partial charge in [0.25, 0.3) is 0 Å². The Hall–Kier alpha value is -0.630. The number of likely N-dealkylation sites (tertiary alicyclic amines) is 1. The lowest BCUT2D eigenvalue weighted by molar-refractivity contribution is 0.265. The minimum Gasteiger partial charge on any atom is -0.398 e. The van der Waals surface area contributed by atoms with Gasteiger partial charge < -0.3 is 10.6 Å². The highest BCUT2D eigenvalue weighted by molar-refractivity contribution is 9.10. The van der Waals surface area contributed by atoms with Crippen LogP contribution in [0.15, 0.2) is 27.6 Å². The Kier molecular flexibility index (Phi) is 5.29. The zero-order valence-electron chi connectivity index (χ0n) is 12.3. The number of anilines is 1. The quantitative estimate of drug-likeness (QED) is 0.772. The van der Waals surface area contributed by atoms with Crippen molar-refractivity contribution < 1.29 is 8.42 Å². The number of nitrogens with one attached hydrogen (secondary N) is 1. The van der Waals surface area contributed by atoms with Gasteiger partial charge in [-0.1, -0.05) is 0 Å². The number of nitrogen functional groups attached to an aromatic ring is 1. The second-order valence-electron chi connectivity index (χ2n) is 5.78. The highest BCUT2D eigenvalue weighted by Crippen LogP contribution is 2.23. The van der Waals surface area contributed by atoms with E-state index in [1.54, 1.807) is 6.07 Å². The fourth-order valence-electron chi connectivity index (χ4n) is 2.48. The van der Waals surface area contributed by atoms with E-state index in [1.807, 2.05) is 0 Å². The number of hydrogen-bond donors (Lipinski definition) is 2. The molecule has 0 aromatic heterocycles. The lowest BCUT2D eigenvalue weighted by Gasteiger charge is -2.20. The molecule has 1 unspecified atom stereocenters. The molecule has 21 heavy (non-hydrogen) atoms. The first-order valence-corrected chi connectivity index (χ1v) is 9.36. The third-order valence-electron chi connectivity index (χ3n) is 3.89. The van der Waals surface area contributed by atoms with Crippen LogP contribution in [0.5, 0.6) is 0 Å². The number of benzene rings is 1. The first-order chi connectivity index (χ1) is 9.79. The molecule has 1 saturated heterocycles. The van der Waals surface area contributed by atoms with Gasteiger partial charge in [0.2, 0.25) is 10.0 Å². The van der Waals surface area contributed by atoms with Crippen LogP contribution in [0.25, 0.3) is 0 Å². The van der Waals surface area contributed by atoms with E-state index in [0.29, 0.717) is 28.7 Å². The maximum atomic E-state index is 12.3. The lowest BCUT2D eigenvalue weighted by Crippen LogP contribution is -2.33. The zero-order chi connectivity index (χ0) is 15.6. The number of rotatable bonds is 5. The van der Waals surface area contributed by atoms with E-state index in [4.69, 9.17) is 5.73 Å². The molecule has 0 spiro atoms. The highest BCUT2D eigenvalue weighted by atomic mass is 79.9. The number of hydrogen-bond acceptors (Lipinski definition) is 4. The maximum Gasteiger partial charge on any atom is 0.240 e. The van der Waals surface area contributed by atoms with E-state index in [2.05, 4.69) is 39.4 Å². The molecule has 1 aliphatic rings. The summed E-state index contributed by atoms with van der Waals surface area (Å²) in [7, 11) is -3.48. The molecule has 1 aromatic carbocycles. The van der Waals surface area contributed by atoms with Crippen molar-refractivity contribution in [3.05, 3.63) is 22.7 Å². The Balaban J connectivity index is 1.97. The first-order valence-electron chi connectivity index (χ1n) is 7.08. The SMILES string of the molecule is CC(C)N1CCC(CNS(=O)(=O)c2ccc(N)c(Br)c2)C1. The molecule has 1 atom stereocenters. The summed E-state index contributed by atoms with van der Waals surface area (Å²) in [5.74, 6) is 0.374. The summed E-state index contributed by atoms with van der Waals surface area (Å²) < 4.78 is 27.9. The topological polar surface area (TPSA) is 75.4 Å². The van der Waals surface area contributed by atoms with Crippen LogP contribution in [-0.4, -0.2) is 39.0 Å². The molecule has 5 nitrogen and oxygen atoms in total. The van der Waals surface area contributed by atoms with Crippen molar-refractivity contribution >= 4 is 31.6 Å². The van der Waals surface area contributed by atoms with Gasteiger partial charge in [-0.2, -0.15) is 0 Å². The Bertz CT molecular complexity index is 604. The average molecular weight is 376 g/mol. The molecule has 1 aromatic rings. The molecule has 0 bridgehead atoms. The van der Waals surface area contributed by atoms with Gasteiger partial charge in [-0.05, 0) is 66.9 Å². The lowest BCUT2D eigenvalue weighted by atomic mass is 10.1. The fraction of sp³-hybridized carbons (Fsp3) is 0.571. The largest absolute Gasteiger partial charge is 0.398 e. The Morgan fingerprint density at radius 1 is 1.48 bits per heavy atom. The summed E-state index contributed by atoms with van der Waals surface area (Å²) >= 11 is 3.26. The van der Waals surface area contributed by atoms with Crippen LogP contribution < -0.4 is 10.5 Å². The summed E-state index contributed by atoms with van der Waals surface area (Å²) in [5.41, 5.74) is 6.21. The summed E-state index contributed by atoms with van der Waals surface area (Å²) in [6, 6.07) is 5.17. The van der Waals surface area contributed by atoms with Gasteiger partial charge in [0.1, 0.15) is 0 Å². The van der Waals surface area contributed by atoms with Crippen LogP contribution >= 0.6 is 15.9 Å². The Labute approximate surface area is 135 Å². The van der Waals surface area contributed by atoms with Crippen LogP contribution in [-0.2, 0) is 10.0 Å². The number of nitrogens with two attached hydrogens (primary N) is 1. The fourth-order valence-corrected chi connectivity index (χ4v) is 4.16. The summed E-state index contributed by atoms with van der Waals surface area (Å²) in [6.07, 6.45) is 1.03. The third kappa shape index (κ3) is 4.18. The van der Waals surface area contributed by atoms with E-state index < -0.39 is 10.0 Å². The van der Waals surface area contributed by atoms with E-state index in [-0.39, 0.29) is 4.90 Å². The van der Waals surface area contributed by atoms with E-state index in [1.165, 1.54) is 12.1 Å². The average Bonchev–Trinajstić information content (AvgIpc) is 2.89. The second-order valence-corrected chi connectivity index (χ2v) is 8.40. The van der Waals surface area contributed by atoms with Crippen LogP contribution in [0.4, 0.5) is 5.69 Å². The molecule has 1 fully saturated rings. The Morgan fingerprint density at radius 2 is 2.19 bits per heavy atom. The minimum atomic E-state index is -3.48. The van der Waals surface area contributed by atoms with Crippen molar-refractivity contribution in [3.8, 4) is 0 Å². The number of sulfonamides is 1. The van der Waals surface area contributed by atoms with Crippen molar-refractivity contribution in [1.82, 2.24) is 9.62 Å². The van der Waals surface area contributed by atoms with E-state index in [0.717, 1.165) is 19.5 Å². The molecule has 1 aliphatic heterocycles. The van der Waals surface area contributed by atoms with Crippen molar-refractivity contribution in [3.63, 3.8) is 0 Å². The summed E-state index contributed by atoms with van der Waals surface area (Å²) in [6.45, 7) is 6.80. The molecule has 0 amide bonds. The van der Waals surface area contributed by atoms with Crippen LogP contribution in [0.1, 0.15) is 20.3 Å². The van der Waals surface area contributed by atoms with Crippen molar-refractivity contribution in [2.75, 3.05) is 25.4 Å². The van der Waals surface area contributed by atoms with E-state index >= 15 is 0 Å². The first kappa shape index (κ1) is 16.7. The zero-order valence-corrected chi connectivity index (χ0v) is 14.7. The van der Waals surface area contributed by atoms with Gasteiger partial charge in [-0.3, -0.25) is 0 Å². The normalized spacial score (nSPS) is 20.3. The van der Waals surface area contributed by atoms with Gasteiger partial charge in [0.15, 0.2) is 0 Å². The standard InChI is InChI=1S/C14H22BrN3O2S/c1-10(2)18-6-5-11(9-18)8-17-21(19,20)12-3-4-14(16)13(15)7-12/h3-4,7,10-11,17H,5-6,8-9,16H2,1-2H3. The third-order valence-corrected chi connectivity index (χ3v) is 6.00. The smallest absolute Gasteiger partial charge is 0.240 e. The van der Waals surface area contributed by atoms with Gasteiger partial charge in [-0.15, -0.1) is 0 Å². The maximum absolute atomic E-state index is 12.3. The molecular formula is C14H22BrN3O2S. The second kappa shape index (κ2) is 6.64. The van der Waals surface area contributed by atoms with Crippen molar-refractivity contribution in [1.29, 1.82) is 0 Å². The number of nitrogens with zero attached hydrogens (tertiary/aromatic N) is 1. The van der Waals surface area contributed by atoms with Gasteiger partial charge in [0.05, 0.1) is 4.90 Å². The van der Waals surface area contributed by atoms with Gasteiger partial charge >= 0.3 is 0 Å². The van der Waals surface area contributed by atoms with Crippen molar-refractivity contribution in [2.45, 2.75) is 31.2 Å². The number of halogens is 1. The van der Waals surface area contributed by atoms with Crippen LogP contribution in [0.2, 0.25) is 0 Å². The molecule has 118 valence electrons. The highest BCUT2D eigenvalue weighted by Gasteiger charge is 2.25. The molecule has 0 saturated carbocycles. The molecule has 0 radical (unpaired) electrons. The molecule has 0 aliphatic carbocycles. The van der Waals surface area contributed by atoms with Crippen molar-refractivity contribution in [2.24, 2.45) is 5.92 Å². The van der Waals surface area contributed by atoms with E-state index in [9.17, 15) is 8.42 Å². The predicted octanol–water partition coefficient (Wildman–Crippen LogP) is 2.04. The van der Waals surface area contributed by atoms with Gasteiger partial charge in [0, 0.05) is 29.3 Å². The Morgan fingerprint density at radius 3 is 2.76 bits per heavy atom. The monoisotopic (exact) mass is 375 g/mol. The van der Waals surface area contributed by atoms with Crippen LogP contribution in [0.3, 0.4) is 0 Å². The minimum absolute atomic E-state index is 0.238. The van der Waals surface area contributed by atoms with Crippen LogP contribution in [0, 0.1) is 5.92 Å². The van der Waals surface area contributed by atoms with Gasteiger partial charge in [-0.25, -0.2) is 13.1 Å². The molecule has 3 N–H and O–H groups in total.